The van der Waals surface area contributed by atoms with E-state index < -0.39 is 0 Å². The summed E-state index contributed by atoms with van der Waals surface area (Å²) in [6, 6.07) is 4.02. The van der Waals surface area contributed by atoms with Gasteiger partial charge in [0.2, 0.25) is 0 Å². The zero-order valence-corrected chi connectivity index (χ0v) is 9.09. The van der Waals surface area contributed by atoms with Crippen LogP contribution in [-0.2, 0) is 6.42 Å². The van der Waals surface area contributed by atoms with Crippen molar-refractivity contribution in [1.29, 1.82) is 0 Å². The van der Waals surface area contributed by atoms with Gasteiger partial charge in [0.25, 0.3) is 0 Å². The highest BCUT2D eigenvalue weighted by atomic mass is 15.1. The lowest BCUT2D eigenvalue weighted by Crippen LogP contribution is -2.11. The van der Waals surface area contributed by atoms with E-state index in [1.165, 1.54) is 11.3 Å². The van der Waals surface area contributed by atoms with Gasteiger partial charge in [0.15, 0.2) is 0 Å². The molecule has 80 valence electrons. The molecule has 2 aromatic heterocycles. The van der Waals surface area contributed by atoms with Crippen molar-refractivity contribution in [2.24, 2.45) is 0 Å². The second-order valence-electron chi connectivity index (χ2n) is 3.61. The molecule has 2 heterocycles. The zero-order chi connectivity index (χ0) is 10.7. The monoisotopic (exact) mass is 204 g/mol. The first-order chi connectivity index (χ1) is 7.33. The summed E-state index contributed by atoms with van der Waals surface area (Å²) in [5, 5.41) is 10.5. The predicted molar refractivity (Wildman–Crippen MR) is 60.7 cm³/mol. The van der Waals surface area contributed by atoms with E-state index in [9.17, 15) is 0 Å². The van der Waals surface area contributed by atoms with Crippen LogP contribution in [0.25, 0.3) is 11.4 Å². The van der Waals surface area contributed by atoms with Crippen LogP contribution in [0.2, 0.25) is 0 Å². The van der Waals surface area contributed by atoms with Gasteiger partial charge in [0.05, 0.1) is 5.69 Å². The van der Waals surface area contributed by atoms with Gasteiger partial charge in [-0.25, -0.2) is 0 Å². The number of hydrogen-bond acceptors (Lipinski definition) is 2. The fourth-order valence-electron chi connectivity index (χ4n) is 1.67. The molecule has 0 atom stereocenters. The van der Waals surface area contributed by atoms with Crippen LogP contribution in [0.15, 0.2) is 18.3 Å². The Kier molecular flexibility index (Phi) is 2.87. The Balaban J connectivity index is 2.24. The molecule has 2 aromatic rings. The fourth-order valence-corrected chi connectivity index (χ4v) is 1.67. The van der Waals surface area contributed by atoms with E-state index in [4.69, 9.17) is 0 Å². The molecular weight excluding hydrogens is 188 g/mol. The van der Waals surface area contributed by atoms with Crippen LogP contribution in [0, 0.1) is 6.92 Å². The minimum absolute atomic E-state index is 0.965. The summed E-state index contributed by atoms with van der Waals surface area (Å²) in [6.45, 7) is 3.07. The molecule has 0 saturated carbocycles. The number of likely N-dealkylation sites (N-methyl/N-ethyl adjacent to an activating group) is 1. The molecule has 0 bridgehead atoms. The molecule has 4 heteroatoms. The maximum Gasteiger partial charge on any atom is 0.111 e. The van der Waals surface area contributed by atoms with Crippen LogP contribution in [-0.4, -0.2) is 28.8 Å². The first-order valence-corrected chi connectivity index (χ1v) is 5.15. The van der Waals surface area contributed by atoms with Gasteiger partial charge in [-0.1, -0.05) is 0 Å². The Bertz CT molecular complexity index is 414. The molecule has 0 radical (unpaired) electrons. The molecule has 0 aliphatic heterocycles. The van der Waals surface area contributed by atoms with Gasteiger partial charge in [-0.05, 0) is 31.7 Å². The molecule has 0 spiro atoms. The van der Waals surface area contributed by atoms with Crippen LogP contribution in [0.5, 0.6) is 0 Å². The van der Waals surface area contributed by atoms with Crippen molar-refractivity contribution in [1.82, 2.24) is 20.5 Å². The van der Waals surface area contributed by atoms with E-state index in [1.54, 1.807) is 0 Å². The quantitative estimate of drug-likeness (QED) is 0.706. The van der Waals surface area contributed by atoms with E-state index >= 15 is 0 Å². The summed E-state index contributed by atoms with van der Waals surface area (Å²) >= 11 is 0. The lowest BCUT2D eigenvalue weighted by molar-refractivity contribution is 0.769. The lowest BCUT2D eigenvalue weighted by atomic mass is 10.1. The molecule has 0 aromatic carbocycles. The summed E-state index contributed by atoms with van der Waals surface area (Å²) in [6.07, 6.45) is 2.90. The van der Waals surface area contributed by atoms with Gasteiger partial charge >= 0.3 is 0 Å². The van der Waals surface area contributed by atoms with Crippen molar-refractivity contribution < 1.29 is 0 Å². The van der Waals surface area contributed by atoms with Gasteiger partial charge in [0.1, 0.15) is 5.69 Å². The molecule has 2 rings (SSSR count). The summed E-state index contributed by atoms with van der Waals surface area (Å²) in [5.41, 5.74) is 4.52. The molecule has 15 heavy (non-hydrogen) atoms. The van der Waals surface area contributed by atoms with Gasteiger partial charge < -0.3 is 10.3 Å². The topological polar surface area (TPSA) is 56.5 Å². The van der Waals surface area contributed by atoms with Gasteiger partial charge in [-0.2, -0.15) is 5.10 Å². The molecule has 0 saturated heterocycles. The molecule has 0 amide bonds. The molecule has 0 fully saturated rings. The molecule has 0 unspecified atom stereocenters. The second kappa shape index (κ2) is 4.31. The van der Waals surface area contributed by atoms with Crippen molar-refractivity contribution in [3.05, 3.63) is 29.6 Å². The number of H-pyrrole nitrogens is 2. The number of rotatable bonds is 4. The normalized spacial score (nSPS) is 10.8. The number of nitrogens with one attached hydrogen (secondary N) is 3. The van der Waals surface area contributed by atoms with Crippen LogP contribution in [0.3, 0.4) is 0 Å². The number of aromatic amines is 2. The third-order valence-electron chi connectivity index (χ3n) is 2.59. The first-order valence-electron chi connectivity index (χ1n) is 5.15. The number of aromatic nitrogens is 3. The maximum absolute atomic E-state index is 4.33. The Morgan fingerprint density at radius 3 is 3.00 bits per heavy atom. The summed E-state index contributed by atoms with van der Waals surface area (Å²) in [5.74, 6) is 0. The van der Waals surface area contributed by atoms with Crippen LogP contribution >= 0.6 is 0 Å². The van der Waals surface area contributed by atoms with E-state index in [0.29, 0.717) is 0 Å². The van der Waals surface area contributed by atoms with Crippen LogP contribution < -0.4 is 5.32 Å². The van der Waals surface area contributed by atoms with E-state index in [1.807, 2.05) is 25.4 Å². The van der Waals surface area contributed by atoms with Gasteiger partial charge in [-0.15, -0.1) is 0 Å². The SMILES string of the molecule is CNCCc1[nH]nc(-c2ccc[nH]2)c1C. The summed E-state index contributed by atoms with van der Waals surface area (Å²) in [4.78, 5) is 3.17. The average Bonchev–Trinajstić information content (AvgIpc) is 2.84. The average molecular weight is 204 g/mol. The van der Waals surface area contributed by atoms with Crippen molar-refractivity contribution in [3.63, 3.8) is 0 Å². The van der Waals surface area contributed by atoms with Crippen molar-refractivity contribution >= 4 is 0 Å². The third-order valence-corrected chi connectivity index (χ3v) is 2.59. The van der Waals surface area contributed by atoms with Crippen molar-refractivity contribution in [2.45, 2.75) is 13.3 Å². The first kappa shape index (κ1) is 9.98. The zero-order valence-electron chi connectivity index (χ0n) is 9.09. The molecule has 3 N–H and O–H groups in total. The van der Waals surface area contributed by atoms with Gasteiger partial charge in [-0.3, -0.25) is 5.10 Å². The smallest absolute Gasteiger partial charge is 0.111 e. The van der Waals surface area contributed by atoms with Crippen LogP contribution in [0.4, 0.5) is 0 Å². The van der Waals surface area contributed by atoms with E-state index in [0.717, 1.165) is 24.4 Å². The Hall–Kier alpha value is -1.55. The minimum atomic E-state index is 0.965. The maximum atomic E-state index is 4.33. The van der Waals surface area contributed by atoms with E-state index in [-0.39, 0.29) is 0 Å². The van der Waals surface area contributed by atoms with Crippen LogP contribution in [0.1, 0.15) is 11.3 Å². The Morgan fingerprint density at radius 2 is 2.33 bits per heavy atom. The molecular formula is C11H16N4. The highest BCUT2D eigenvalue weighted by Gasteiger charge is 2.10. The van der Waals surface area contributed by atoms with Crippen molar-refractivity contribution in [2.75, 3.05) is 13.6 Å². The highest BCUT2D eigenvalue weighted by molar-refractivity contribution is 5.59. The standard InChI is InChI=1S/C11H16N4/c1-8-9(5-7-12-2)14-15-11(8)10-4-3-6-13-10/h3-4,6,12-13H,5,7H2,1-2H3,(H,14,15). The summed E-state index contributed by atoms with van der Waals surface area (Å²) in [7, 11) is 1.96. The highest BCUT2D eigenvalue weighted by Crippen LogP contribution is 2.21. The molecule has 0 aliphatic carbocycles. The van der Waals surface area contributed by atoms with Gasteiger partial charge in [0, 0.05) is 24.9 Å². The number of hydrogen-bond donors (Lipinski definition) is 3. The Labute approximate surface area is 89.1 Å². The molecule has 0 aliphatic rings. The number of nitrogens with zero attached hydrogens (tertiary/aromatic N) is 1. The second-order valence-corrected chi connectivity index (χ2v) is 3.61. The summed E-state index contributed by atoms with van der Waals surface area (Å²) < 4.78 is 0. The van der Waals surface area contributed by atoms with E-state index in [2.05, 4.69) is 27.4 Å². The molecule has 4 nitrogen and oxygen atoms in total. The predicted octanol–water partition coefficient (Wildman–Crippen LogP) is 1.48. The fraction of sp³-hybridized carbons (Fsp3) is 0.364. The van der Waals surface area contributed by atoms with Crippen molar-refractivity contribution in [3.8, 4) is 11.4 Å². The largest absolute Gasteiger partial charge is 0.360 e. The third kappa shape index (κ3) is 1.94. The Morgan fingerprint density at radius 1 is 1.47 bits per heavy atom. The lowest BCUT2D eigenvalue weighted by Gasteiger charge is -1.98. The minimum Gasteiger partial charge on any atom is -0.360 e.